The van der Waals surface area contributed by atoms with E-state index in [9.17, 15) is 9.59 Å². The highest BCUT2D eigenvalue weighted by Gasteiger charge is 2.41. The lowest BCUT2D eigenvalue weighted by atomic mass is 10.00. The Morgan fingerprint density at radius 3 is 2.04 bits per heavy atom. The molecular formula is C16H28N2O4S2. The number of ether oxygens (including phenoxy) is 2. The van der Waals surface area contributed by atoms with Crippen LogP contribution in [0.25, 0.3) is 0 Å². The Labute approximate surface area is 155 Å². The van der Waals surface area contributed by atoms with Crippen molar-refractivity contribution in [2.45, 2.75) is 37.8 Å². The van der Waals surface area contributed by atoms with Crippen LogP contribution in [0.4, 0.5) is 0 Å². The molecule has 0 radical (unpaired) electrons. The molecule has 24 heavy (non-hydrogen) atoms. The summed E-state index contributed by atoms with van der Waals surface area (Å²) in [6, 6.07) is 0. The summed E-state index contributed by atoms with van der Waals surface area (Å²) >= 11 is 8.38. The van der Waals surface area contributed by atoms with Crippen molar-refractivity contribution in [2.24, 2.45) is 0 Å². The maximum Gasteiger partial charge on any atom is 0.137 e. The average Bonchev–Trinajstić information content (AvgIpc) is 2.58. The van der Waals surface area contributed by atoms with Gasteiger partial charge in [0.1, 0.15) is 17.3 Å². The molecule has 2 heterocycles. The van der Waals surface area contributed by atoms with Gasteiger partial charge < -0.3 is 9.47 Å². The van der Waals surface area contributed by atoms with Gasteiger partial charge in [0.2, 0.25) is 0 Å². The summed E-state index contributed by atoms with van der Waals surface area (Å²) < 4.78 is 11.6. The molecule has 0 aliphatic carbocycles. The number of hydrogen-bond acceptors (Lipinski definition) is 8. The number of carbonyl (C=O) groups is 2. The SMILES string of the molecule is O=C1CCN(CC(CCOCS)(OCS)N2CCC(=O)CC2)CC1. The van der Waals surface area contributed by atoms with E-state index >= 15 is 0 Å². The van der Waals surface area contributed by atoms with Crippen molar-refractivity contribution in [3.05, 3.63) is 0 Å². The molecule has 0 N–H and O–H groups in total. The summed E-state index contributed by atoms with van der Waals surface area (Å²) in [5, 5.41) is 0. The van der Waals surface area contributed by atoms with Crippen molar-refractivity contribution in [1.82, 2.24) is 9.80 Å². The van der Waals surface area contributed by atoms with Gasteiger partial charge >= 0.3 is 0 Å². The minimum Gasteiger partial charge on any atom is -0.371 e. The van der Waals surface area contributed by atoms with Crippen LogP contribution >= 0.6 is 25.3 Å². The van der Waals surface area contributed by atoms with Crippen LogP contribution in [0.3, 0.4) is 0 Å². The Balaban J connectivity index is 2.09. The fourth-order valence-corrected chi connectivity index (χ4v) is 3.81. The first-order valence-corrected chi connectivity index (χ1v) is 9.80. The molecule has 0 aromatic heterocycles. The lowest BCUT2D eigenvalue weighted by Crippen LogP contribution is -2.60. The quantitative estimate of drug-likeness (QED) is 0.358. The molecule has 2 saturated heterocycles. The number of nitrogens with zero attached hydrogens (tertiary/aromatic N) is 2. The number of thiol groups is 2. The summed E-state index contributed by atoms with van der Waals surface area (Å²) in [7, 11) is 0. The molecule has 0 aromatic carbocycles. The molecule has 1 atom stereocenters. The molecule has 1 unspecified atom stereocenters. The molecule has 0 saturated carbocycles. The van der Waals surface area contributed by atoms with Crippen molar-refractivity contribution in [3.8, 4) is 0 Å². The Morgan fingerprint density at radius 1 is 0.917 bits per heavy atom. The van der Waals surface area contributed by atoms with Crippen LogP contribution in [0.2, 0.25) is 0 Å². The van der Waals surface area contributed by atoms with E-state index in [2.05, 4.69) is 35.1 Å². The standard InChI is InChI=1S/C16H28N2O4S2/c19-14-1-6-17(7-2-14)11-16(22-13-24,5-10-21-12-23)18-8-3-15(20)4-9-18/h23-24H,1-13H2. The highest BCUT2D eigenvalue weighted by Crippen LogP contribution is 2.28. The maximum atomic E-state index is 11.6. The Hall–Kier alpha value is -0.120. The van der Waals surface area contributed by atoms with Gasteiger partial charge in [0.15, 0.2) is 0 Å². The predicted octanol–water partition coefficient (Wildman–Crippen LogP) is 1.21. The number of rotatable bonds is 9. The Morgan fingerprint density at radius 2 is 1.50 bits per heavy atom. The van der Waals surface area contributed by atoms with Crippen molar-refractivity contribution in [3.63, 3.8) is 0 Å². The molecular weight excluding hydrogens is 348 g/mol. The summed E-state index contributed by atoms with van der Waals surface area (Å²) in [6.07, 6.45) is 3.01. The summed E-state index contributed by atoms with van der Waals surface area (Å²) in [5.41, 5.74) is -0.536. The molecule has 0 bridgehead atoms. The zero-order valence-corrected chi connectivity index (χ0v) is 15.9. The molecule has 8 heteroatoms. The van der Waals surface area contributed by atoms with Crippen molar-refractivity contribution in [2.75, 3.05) is 51.2 Å². The van der Waals surface area contributed by atoms with Gasteiger partial charge in [-0.05, 0) is 0 Å². The van der Waals surface area contributed by atoms with Crippen molar-refractivity contribution in [1.29, 1.82) is 0 Å². The first kappa shape index (κ1) is 20.2. The first-order chi connectivity index (χ1) is 11.6. The lowest BCUT2D eigenvalue weighted by molar-refractivity contribution is -0.175. The molecule has 2 rings (SSSR count). The number of carbonyl (C=O) groups excluding carboxylic acids is 2. The number of piperidine rings is 2. The van der Waals surface area contributed by atoms with Gasteiger partial charge in [-0.2, -0.15) is 25.3 Å². The van der Waals surface area contributed by atoms with E-state index in [-0.39, 0.29) is 0 Å². The second kappa shape index (κ2) is 10.1. The highest BCUT2D eigenvalue weighted by molar-refractivity contribution is 7.80. The number of Topliss-reactive ketones (excluding diaryl/α,β-unsaturated/α-hetero) is 2. The fraction of sp³-hybridized carbons (Fsp3) is 0.875. The van der Waals surface area contributed by atoms with Crippen LogP contribution in [0.15, 0.2) is 0 Å². The molecule has 2 aliphatic rings. The van der Waals surface area contributed by atoms with E-state index in [1.165, 1.54) is 0 Å². The molecule has 138 valence electrons. The van der Waals surface area contributed by atoms with Gasteiger partial charge in [-0.1, -0.05) is 0 Å². The van der Waals surface area contributed by atoms with Gasteiger partial charge in [0.05, 0.1) is 18.5 Å². The van der Waals surface area contributed by atoms with Crippen molar-refractivity contribution >= 4 is 36.8 Å². The Bertz CT molecular complexity index is 418. The fourth-order valence-electron chi connectivity index (χ4n) is 3.44. The Kier molecular flexibility index (Phi) is 8.53. The largest absolute Gasteiger partial charge is 0.371 e. The third-order valence-electron chi connectivity index (χ3n) is 4.84. The summed E-state index contributed by atoms with van der Waals surface area (Å²) in [6.45, 7) is 4.15. The van der Waals surface area contributed by atoms with E-state index in [4.69, 9.17) is 9.47 Å². The number of hydrogen-bond donors (Lipinski definition) is 2. The molecule has 0 aromatic rings. The third kappa shape index (κ3) is 5.71. The van der Waals surface area contributed by atoms with Gasteiger partial charge in [0, 0.05) is 64.8 Å². The van der Waals surface area contributed by atoms with Crippen LogP contribution in [0, 0.1) is 0 Å². The number of ketones is 2. The van der Waals surface area contributed by atoms with Crippen LogP contribution in [-0.2, 0) is 19.1 Å². The zero-order valence-electron chi connectivity index (χ0n) is 14.1. The van der Waals surface area contributed by atoms with E-state index in [1.807, 2.05) is 0 Å². The zero-order chi connectivity index (χ0) is 17.4. The predicted molar refractivity (Wildman–Crippen MR) is 98.6 cm³/mol. The van der Waals surface area contributed by atoms with Gasteiger partial charge in [-0.3, -0.25) is 19.4 Å². The third-order valence-corrected chi connectivity index (χ3v) is 5.16. The topological polar surface area (TPSA) is 59.1 Å². The first-order valence-electron chi connectivity index (χ1n) is 8.54. The van der Waals surface area contributed by atoms with Crippen LogP contribution < -0.4 is 0 Å². The van der Waals surface area contributed by atoms with Crippen LogP contribution in [0.5, 0.6) is 0 Å². The highest BCUT2D eigenvalue weighted by atomic mass is 32.1. The molecule has 2 aliphatic heterocycles. The monoisotopic (exact) mass is 376 g/mol. The number of likely N-dealkylation sites (tertiary alicyclic amines) is 2. The lowest BCUT2D eigenvalue weighted by Gasteiger charge is -2.47. The maximum absolute atomic E-state index is 11.6. The normalized spacial score (nSPS) is 23.4. The summed E-state index contributed by atoms with van der Waals surface area (Å²) in [4.78, 5) is 27.6. The average molecular weight is 377 g/mol. The minimum absolute atomic E-state index is 0.304. The second-order valence-electron chi connectivity index (χ2n) is 6.35. The van der Waals surface area contributed by atoms with Crippen LogP contribution in [-0.4, -0.2) is 78.3 Å². The van der Waals surface area contributed by atoms with Crippen LogP contribution in [0.1, 0.15) is 32.1 Å². The molecule has 0 spiro atoms. The van der Waals surface area contributed by atoms with Gasteiger partial charge in [-0.25, -0.2) is 0 Å². The smallest absolute Gasteiger partial charge is 0.137 e. The van der Waals surface area contributed by atoms with Gasteiger partial charge in [-0.15, -0.1) is 0 Å². The second-order valence-corrected chi connectivity index (χ2v) is 6.86. The van der Waals surface area contributed by atoms with E-state index in [1.54, 1.807) is 0 Å². The van der Waals surface area contributed by atoms with E-state index in [0.717, 1.165) is 13.1 Å². The van der Waals surface area contributed by atoms with Gasteiger partial charge in [0.25, 0.3) is 0 Å². The van der Waals surface area contributed by atoms with Crippen molar-refractivity contribution < 1.29 is 19.1 Å². The molecule has 2 fully saturated rings. The summed E-state index contributed by atoms with van der Waals surface area (Å²) in [5.74, 6) is 1.31. The molecule has 6 nitrogen and oxygen atoms in total. The molecule has 0 amide bonds. The minimum atomic E-state index is -0.536. The van der Waals surface area contributed by atoms with E-state index in [0.29, 0.717) is 81.8 Å². The van der Waals surface area contributed by atoms with E-state index < -0.39 is 5.72 Å².